The normalized spacial score (nSPS) is 29.6. The molecule has 0 aromatic rings. The molecule has 0 spiro atoms. The fraction of sp³-hybridized carbons (Fsp3) is 0.857. The maximum atomic E-state index is 12.5. The van der Waals surface area contributed by atoms with Crippen molar-refractivity contribution in [2.24, 2.45) is 5.41 Å². The van der Waals surface area contributed by atoms with Crippen LogP contribution < -0.4 is 0 Å². The number of carboxylic acid groups (broad SMARTS) is 1. The molecule has 1 unspecified atom stereocenters. The minimum atomic E-state index is -2.51. The zero-order valence-corrected chi connectivity index (χ0v) is 7.24. The lowest BCUT2D eigenvalue weighted by atomic mass is 9.84. The standard InChI is InChI=1S/C7H10F2O2S/c8-6(9)7(3-5(10)11)1-2-12-4-7/h6H,1-4H2,(H,10,11). The first kappa shape index (κ1) is 9.77. The summed E-state index contributed by atoms with van der Waals surface area (Å²) in [4.78, 5) is 10.3. The van der Waals surface area contributed by atoms with E-state index in [0.29, 0.717) is 12.2 Å². The molecule has 1 atom stereocenters. The molecule has 0 amide bonds. The van der Waals surface area contributed by atoms with Crippen molar-refractivity contribution in [3.63, 3.8) is 0 Å². The molecule has 70 valence electrons. The fourth-order valence-electron chi connectivity index (χ4n) is 1.31. The highest BCUT2D eigenvalue weighted by atomic mass is 32.2. The van der Waals surface area contributed by atoms with E-state index >= 15 is 0 Å². The van der Waals surface area contributed by atoms with Crippen LogP contribution >= 0.6 is 11.8 Å². The summed E-state index contributed by atoms with van der Waals surface area (Å²) in [6.45, 7) is 0. The molecular weight excluding hydrogens is 186 g/mol. The molecule has 1 heterocycles. The van der Waals surface area contributed by atoms with Gasteiger partial charge in [-0.15, -0.1) is 0 Å². The molecule has 1 aliphatic rings. The average molecular weight is 196 g/mol. The van der Waals surface area contributed by atoms with E-state index in [2.05, 4.69) is 0 Å². The van der Waals surface area contributed by atoms with Crippen molar-refractivity contribution in [1.29, 1.82) is 0 Å². The summed E-state index contributed by atoms with van der Waals surface area (Å²) in [5, 5.41) is 8.45. The first-order chi connectivity index (χ1) is 5.57. The van der Waals surface area contributed by atoms with Gasteiger partial charge in [0, 0.05) is 5.75 Å². The number of hydrogen-bond acceptors (Lipinski definition) is 2. The Balaban J connectivity index is 2.65. The van der Waals surface area contributed by atoms with E-state index in [0.717, 1.165) is 0 Å². The second kappa shape index (κ2) is 3.60. The zero-order chi connectivity index (χ0) is 9.19. The largest absolute Gasteiger partial charge is 0.481 e. The highest BCUT2D eigenvalue weighted by Crippen LogP contribution is 2.43. The maximum Gasteiger partial charge on any atom is 0.304 e. The van der Waals surface area contributed by atoms with Crippen molar-refractivity contribution >= 4 is 17.7 Å². The van der Waals surface area contributed by atoms with Crippen LogP contribution in [0.2, 0.25) is 0 Å². The van der Waals surface area contributed by atoms with Gasteiger partial charge >= 0.3 is 5.97 Å². The van der Waals surface area contributed by atoms with Gasteiger partial charge in [-0.05, 0) is 12.2 Å². The predicted molar refractivity (Wildman–Crippen MR) is 42.6 cm³/mol. The summed E-state index contributed by atoms with van der Waals surface area (Å²) in [6.07, 6.45) is -2.59. The second-order valence-corrected chi connectivity index (χ2v) is 4.14. The lowest BCUT2D eigenvalue weighted by Crippen LogP contribution is -2.32. The topological polar surface area (TPSA) is 37.3 Å². The molecule has 0 aromatic heterocycles. The van der Waals surface area contributed by atoms with Crippen LogP contribution in [0, 0.1) is 5.41 Å². The van der Waals surface area contributed by atoms with E-state index < -0.39 is 24.2 Å². The molecule has 0 bridgehead atoms. The molecule has 5 heteroatoms. The summed E-state index contributed by atoms with van der Waals surface area (Å²) in [5.41, 5.74) is -1.25. The van der Waals surface area contributed by atoms with E-state index in [1.165, 1.54) is 11.8 Å². The van der Waals surface area contributed by atoms with Crippen molar-refractivity contribution in [1.82, 2.24) is 0 Å². The van der Waals surface area contributed by atoms with Crippen LogP contribution in [0.1, 0.15) is 12.8 Å². The van der Waals surface area contributed by atoms with E-state index in [1.54, 1.807) is 0 Å². The molecule has 1 aliphatic heterocycles. The molecule has 1 rings (SSSR count). The highest BCUT2D eigenvalue weighted by Gasteiger charge is 2.44. The van der Waals surface area contributed by atoms with Crippen LogP contribution in [0.3, 0.4) is 0 Å². The van der Waals surface area contributed by atoms with Gasteiger partial charge in [-0.3, -0.25) is 4.79 Å². The summed E-state index contributed by atoms with van der Waals surface area (Å²) in [6, 6.07) is 0. The van der Waals surface area contributed by atoms with Crippen LogP contribution in [0.4, 0.5) is 8.78 Å². The van der Waals surface area contributed by atoms with Gasteiger partial charge in [0.15, 0.2) is 0 Å². The van der Waals surface area contributed by atoms with Gasteiger partial charge in [-0.1, -0.05) is 0 Å². The molecule has 0 aromatic carbocycles. The van der Waals surface area contributed by atoms with Crippen LogP contribution in [0.15, 0.2) is 0 Å². The van der Waals surface area contributed by atoms with Crippen LogP contribution in [0.25, 0.3) is 0 Å². The lowest BCUT2D eigenvalue weighted by molar-refractivity contribution is -0.142. The van der Waals surface area contributed by atoms with Crippen LogP contribution in [-0.2, 0) is 4.79 Å². The molecular formula is C7H10F2O2S. The number of hydrogen-bond donors (Lipinski definition) is 1. The lowest BCUT2D eigenvalue weighted by Gasteiger charge is -2.24. The summed E-state index contributed by atoms with van der Waals surface area (Å²) < 4.78 is 25.0. The Morgan fingerprint density at radius 3 is 2.67 bits per heavy atom. The molecule has 0 aliphatic carbocycles. The third kappa shape index (κ3) is 1.88. The van der Waals surface area contributed by atoms with Crippen LogP contribution in [0.5, 0.6) is 0 Å². The quantitative estimate of drug-likeness (QED) is 0.748. The van der Waals surface area contributed by atoms with Crippen molar-refractivity contribution in [3.8, 4) is 0 Å². The van der Waals surface area contributed by atoms with Gasteiger partial charge in [-0.2, -0.15) is 11.8 Å². The third-order valence-corrected chi connectivity index (χ3v) is 3.37. The summed E-state index contributed by atoms with van der Waals surface area (Å²) in [7, 11) is 0. The average Bonchev–Trinajstić information content (AvgIpc) is 2.35. The Hall–Kier alpha value is -0.320. The van der Waals surface area contributed by atoms with Gasteiger partial charge in [0.1, 0.15) is 0 Å². The van der Waals surface area contributed by atoms with Gasteiger partial charge in [0.25, 0.3) is 0 Å². The van der Waals surface area contributed by atoms with Gasteiger partial charge < -0.3 is 5.11 Å². The van der Waals surface area contributed by atoms with Gasteiger partial charge in [-0.25, -0.2) is 8.78 Å². The molecule has 1 N–H and O–H groups in total. The Morgan fingerprint density at radius 2 is 2.33 bits per heavy atom. The SMILES string of the molecule is O=C(O)CC1(C(F)F)CCSC1. The third-order valence-electron chi connectivity index (χ3n) is 2.10. The Kier molecular flexibility index (Phi) is 2.93. The van der Waals surface area contributed by atoms with Gasteiger partial charge in [0.05, 0.1) is 11.8 Å². The Bertz CT molecular complexity index is 178. The predicted octanol–water partition coefficient (Wildman–Crippen LogP) is 1.85. The van der Waals surface area contributed by atoms with Crippen molar-refractivity contribution in [2.75, 3.05) is 11.5 Å². The van der Waals surface area contributed by atoms with Crippen molar-refractivity contribution in [3.05, 3.63) is 0 Å². The number of aliphatic carboxylic acids is 1. The Morgan fingerprint density at radius 1 is 1.67 bits per heavy atom. The molecule has 12 heavy (non-hydrogen) atoms. The molecule has 0 radical (unpaired) electrons. The fourth-order valence-corrected chi connectivity index (χ4v) is 2.79. The minimum Gasteiger partial charge on any atom is -0.481 e. The highest BCUT2D eigenvalue weighted by molar-refractivity contribution is 7.99. The summed E-state index contributed by atoms with van der Waals surface area (Å²) >= 11 is 1.41. The molecule has 1 saturated heterocycles. The monoisotopic (exact) mass is 196 g/mol. The number of carbonyl (C=O) groups is 1. The zero-order valence-electron chi connectivity index (χ0n) is 6.43. The van der Waals surface area contributed by atoms with E-state index in [1.807, 2.05) is 0 Å². The van der Waals surface area contributed by atoms with Crippen molar-refractivity contribution < 1.29 is 18.7 Å². The minimum absolute atomic E-state index is 0.275. The number of rotatable bonds is 3. The second-order valence-electron chi connectivity index (χ2n) is 3.04. The Labute approximate surface area is 73.3 Å². The number of carboxylic acids is 1. The van der Waals surface area contributed by atoms with Crippen LogP contribution in [-0.4, -0.2) is 29.0 Å². The first-order valence-electron chi connectivity index (χ1n) is 3.64. The molecule has 0 saturated carbocycles. The van der Waals surface area contributed by atoms with E-state index in [-0.39, 0.29) is 5.75 Å². The first-order valence-corrected chi connectivity index (χ1v) is 4.80. The van der Waals surface area contributed by atoms with E-state index in [4.69, 9.17) is 5.11 Å². The molecule has 2 nitrogen and oxygen atoms in total. The van der Waals surface area contributed by atoms with E-state index in [9.17, 15) is 13.6 Å². The van der Waals surface area contributed by atoms with Gasteiger partial charge in [0.2, 0.25) is 6.43 Å². The smallest absolute Gasteiger partial charge is 0.304 e. The summed E-state index contributed by atoms with van der Waals surface area (Å²) in [5.74, 6) is -0.202. The van der Waals surface area contributed by atoms with Crippen molar-refractivity contribution in [2.45, 2.75) is 19.3 Å². The molecule has 1 fully saturated rings. The number of halogens is 2. The number of alkyl halides is 2. The number of thioether (sulfide) groups is 1. The maximum absolute atomic E-state index is 12.5.